The Morgan fingerprint density at radius 3 is 2.33 bits per heavy atom. The number of aliphatic hydroxyl groups is 3. The number of hydrogen-bond donors (Lipinski definition) is 3. The van der Waals surface area contributed by atoms with Gasteiger partial charge in [0.2, 0.25) is 5.76 Å². The van der Waals surface area contributed by atoms with Crippen molar-refractivity contribution in [3.8, 4) is 0 Å². The molecule has 3 atom stereocenters. The van der Waals surface area contributed by atoms with Gasteiger partial charge in [-0.2, -0.15) is 0 Å². The van der Waals surface area contributed by atoms with E-state index in [9.17, 15) is 19.5 Å². The van der Waals surface area contributed by atoms with Crippen LogP contribution in [0.3, 0.4) is 0 Å². The quantitative estimate of drug-likeness (QED) is 0.431. The third-order valence-electron chi connectivity index (χ3n) is 4.84. The van der Waals surface area contributed by atoms with Gasteiger partial charge in [-0.05, 0) is 36.8 Å². The highest BCUT2D eigenvalue weighted by molar-refractivity contribution is 6.01. The van der Waals surface area contributed by atoms with Gasteiger partial charge in [0.1, 0.15) is 0 Å². The first-order chi connectivity index (χ1) is 13.9. The van der Waals surface area contributed by atoms with Crippen molar-refractivity contribution < 1.29 is 43.9 Å². The number of hydrogen-bond acceptors (Lipinski definition) is 9. The molecule has 0 fully saturated rings. The van der Waals surface area contributed by atoms with Gasteiger partial charge in [0.25, 0.3) is 6.29 Å². The lowest BCUT2D eigenvalue weighted by Gasteiger charge is -2.36. The second-order valence-corrected chi connectivity index (χ2v) is 7.46. The summed E-state index contributed by atoms with van der Waals surface area (Å²) < 4.78 is 14.3. The lowest BCUT2D eigenvalue weighted by molar-refractivity contribution is -0.189. The molecule has 30 heavy (non-hydrogen) atoms. The zero-order valence-corrected chi connectivity index (χ0v) is 17.9. The van der Waals surface area contributed by atoms with Crippen molar-refractivity contribution in [3.63, 3.8) is 0 Å². The number of ketones is 1. The summed E-state index contributed by atoms with van der Waals surface area (Å²) >= 11 is 0. The first-order valence-electron chi connectivity index (χ1n) is 9.62. The standard InChI is InChI=1S/C15H22O5.C6H8O4/c1-6-10-9(3)12(16)11(8-15(10,4)5)20-14(18)13(17)19-7-2;1-2-3-4(7)5(8)6(9)10-3/h6,11,13,17H,1,7-8H2,2-5H3;3,7-8H,2H2,1H3. The number of aliphatic hydroxyl groups excluding tert-OH is 3. The molecule has 0 bridgehead atoms. The maximum Gasteiger partial charge on any atom is 0.377 e. The number of rotatable bonds is 6. The van der Waals surface area contributed by atoms with Gasteiger partial charge in [-0.3, -0.25) is 4.79 Å². The van der Waals surface area contributed by atoms with E-state index in [-0.39, 0.29) is 23.6 Å². The minimum Gasteiger partial charge on any atom is -0.505 e. The fourth-order valence-corrected chi connectivity index (χ4v) is 3.27. The van der Waals surface area contributed by atoms with Gasteiger partial charge in [-0.1, -0.05) is 33.4 Å². The number of allylic oxidation sites excluding steroid dienone is 2. The fraction of sp³-hybridized carbons (Fsp3) is 0.571. The van der Waals surface area contributed by atoms with E-state index >= 15 is 0 Å². The Morgan fingerprint density at radius 2 is 1.93 bits per heavy atom. The van der Waals surface area contributed by atoms with Crippen LogP contribution >= 0.6 is 0 Å². The summed E-state index contributed by atoms with van der Waals surface area (Å²) in [5.41, 5.74) is 1.08. The van der Waals surface area contributed by atoms with Gasteiger partial charge >= 0.3 is 11.9 Å². The van der Waals surface area contributed by atoms with E-state index < -0.39 is 36.2 Å². The molecule has 2 rings (SSSR count). The number of esters is 2. The van der Waals surface area contributed by atoms with E-state index in [0.29, 0.717) is 18.4 Å². The molecule has 0 aromatic heterocycles. The fourth-order valence-electron chi connectivity index (χ4n) is 3.27. The number of ether oxygens (including phenoxy) is 3. The van der Waals surface area contributed by atoms with Crippen molar-refractivity contribution >= 4 is 17.7 Å². The molecule has 0 amide bonds. The van der Waals surface area contributed by atoms with E-state index in [0.717, 1.165) is 5.57 Å². The normalized spacial score (nSPS) is 24.1. The third kappa shape index (κ3) is 5.70. The largest absolute Gasteiger partial charge is 0.505 e. The molecule has 0 radical (unpaired) electrons. The van der Waals surface area contributed by atoms with Crippen LogP contribution in [-0.4, -0.2) is 58.1 Å². The maximum atomic E-state index is 12.2. The van der Waals surface area contributed by atoms with Crippen molar-refractivity contribution in [3.05, 3.63) is 35.3 Å². The molecule has 0 spiro atoms. The predicted molar refractivity (Wildman–Crippen MR) is 106 cm³/mol. The van der Waals surface area contributed by atoms with Gasteiger partial charge < -0.3 is 29.5 Å². The molecule has 1 aliphatic carbocycles. The van der Waals surface area contributed by atoms with Crippen molar-refractivity contribution in [2.45, 2.75) is 66.0 Å². The molecule has 9 heteroatoms. The van der Waals surface area contributed by atoms with Crippen LogP contribution in [0, 0.1) is 5.41 Å². The lowest BCUT2D eigenvalue weighted by atomic mass is 9.71. The Balaban J connectivity index is 0.000000375. The van der Waals surface area contributed by atoms with Crippen molar-refractivity contribution in [2.24, 2.45) is 5.41 Å². The highest BCUT2D eigenvalue weighted by Crippen LogP contribution is 2.40. The topological polar surface area (TPSA) is 140 Å². The molecule has 0 saturated carbocycles. The predicted octanol–water partition coefficient (Wildman–Crippen LogP) is 2.40. The van der Waals surface area contributed by atoms with Crippen molar-refractivity contribution in [2.75, 3.05) is 6.61 Å². The molecular formula is C21H30O9. The summed E-state index contributed by atoms with van der Waals surface area (Å²) in [5, 5.41) is 27.0. The monoisotopic (exact) mass is 426 g/mol. The maximum absolute atomic E-state index is 12.2. The zero-order valence-electron chi connectivity index (χ0n) is 17.9. The number of cyclic esters (lactones) is 1. The van der Waals surface area contributed by atoms with Crippen LogP contribution in [0.25, 0.3) is 0 Å². The van der Waals surface area contributed by atoms with Gasteiger partial charge in [0, 0.05) is 13.0 Å². The summed E-state index contributed by atoms with van der Waals surface area (Å²) in [6.07, 6.45) is -0.693. The minimum atomic E-state index is -1.65. The van der Waals surface area contributed by atoms with Crippen LogP contribution in [-0.2, 0) is 28.6 Å². The Hall–Kier alpha value is -2.65. The molecule has 1 aliphatic heterocycles. The molecule has 168 valence electrons. The van der Waals surface area contributed by atoms with Gasteiger partial charge in [0.05, 0.1) is 0 Å². The van der Waals surface area contributed by atoms with E-state index in [1.165, 1.54) is 0 Å². The Labute approximate surface area is 175 Å². The summed E-state index contributed by atoms with van der Waals surface area (Å²) in [7, 11) is 0. The Kier molecular flexibility index (Phi) is 8.80. The lowest BCUT2D eigenvalue weighted by Crippen LogP contribution is -2.41. The van der Waals surface area contributed by atoms with Crippen LogP contribution in [0.4, 0.5) is 0 Å². The van der Waals surface area contributed by atoms with Crippen LogP contribution < -0.4 is 0 Å². The number of carbonyl (C=O) groups is 3. The summed E-state index contributed by atoms with van der Waals surface area (Å²) in [5.74, 6) is -3.05. The van der Waals surface area contributed by atoms with Crippen LogP contribution in [0.1, 0.15) is 47.5 Å². The molecule has 9 nitrogen and oxygen atoms in total. The third-order valence-corrected chi connectivity index (χ3v) is 4.84. The highest BCUT2D eigenvalue weighted by atomic mass is 16.7. The molecule has 3 N–H and O–H groups in total. The molecule has 3 unspecified atom stereocenters. The summed E-state index contributed by atoms with van der Waals surface area (Å²) in [4.78, 5) is 34.3. The Morgan fingerprint density at radius 1 is 1.33 bits per heavy atom. The summed E-state index contributed by atoms with van der Waals surface area (Å²) in [6.45, 7) is 12.9. The molecule has 0 aromatic rings. The van der Waals surface area contributed by atoms with Crippen LogP contribution in [0.2, 0.25) is 0 Å². The smallest absolute Gasteiger partial charge is 0.377 e. The number of Topliss-reactive ketones (excluding diaryl/α,β-unsaturated/α-hetero) is 1. The van der Waals surface area contributed by atoms with Crippen LogP contribution in [0.15, 0.2) is 35.3 Å². The SMILES string of the molecule is C=CC1=C(C)C(=O)C(OC(=O)C(O)OCC)CC1(C)C.CCC1OC(=O)C(O)=C1O. The molecule has 0 aromatic carbocycles. The average molecular weight is 426 g/mol. The van der Waals surface area contributed by atoms with Gasteiger partial charge in [-0.15, -0.1) is 0 Å². The molecule has 1 heterocycles. The highest BCUT2D eigenvalue weighted by Gasteiger charge is 2.40. The zero-order chi connectivity index (χ0) is 23.2. The van der Waals surface area contributed by atoms with Crippen molar-refractivity contribution in [1.29, 1.82) is 0 Å². The minimum absolute atomic E-state index is 0.180. The van der Waals surface area contributed by atoms with E-state index in [4.69, 9.17) is 19.7 Å². The first kappa shape index (κ1) is 25.4. The molecule has 0 saturated heterocycles. The molecular weight excluding hydrogens is 396 g/mol. The van der Waals surface area contributed by atoms with E-state index in [2.05, 4.69) is 11.3 Å². The summed E-state index contributed by atoms with van der Waals surface area (Å²) in [6, 6.07) is 0. The Bertz CT molecular complexity index is 760. The van der Waals surface area contributed by atoms with E-state index in [1.807, 2.05) is 13.8 Å². The second-order valence-electron chi connectivity index (χ2n) is 7.46. The van der Waals surface area contributed by atoms with Gasteiger partial charge in [0.15, 0.2) is 23.8 Å². The number of carbonyl (C=O) groups excluding carboxylic acids is 3. The van der Waals surface area contributed by atoms with Crippen LogP contribution in [0.5, 0.6) is 0 Å². The first-order valence-corrected chi connectivity index (χ1v) is 9.62. The molecule has 2 aliphatic rings. The second kappa shape index (κ2) is 10.4. The van der Waals surface area contributed by atoms with Gasteiger partial charge in [-0.25, -0.2) is 9.59 Å². The van der Waals surface area contributed by atoms with Crippen molar-refractivity contribution in [1.82, 2.24) is 0 Å². The average Bonchev–Trinajstić information content (AvgIpc) is 2.93. The van der Waals surface area contributed by atoms with E-state index in [1.54, 1.807) is 26.8 Å².